The first-order valence-electron chi connectivity index (χ1n) is 10.3. The van der Waals surface area contributed by atoms with Crippen LogP contribution >= 0.6 is 11.6 Å². The number of halogens is 1. The molecule has 3 rings (SSSR count). The molecule has 1 heterocycles. The summed E-state index contributed by atoms with van der Waals surface area (Å²) in [7, 11) is 3.20. The molecule has 0 bridgehead atoms. The van der Waals surface area contributed by atoms with Crippen LogP contribution in [-0.4, -0.2) is 59.7 Å². The van der Waals surface area contributed by atoms with Crippen LogP contribution in [0.4, 0.5) is 10.5 Å². The van der Waals surface area contributed by atoms with Gasteiger partial charge >= 0.3 is 6.03 Å². The second kappa shape index (κ2) is 8.15. The lowest BCUT2D eigenvalue weighted by atomic mass is 9.64. The van der Waals surface area contributed by atoms with Crippen molar-refractivity contribution < 1.29 is 19.2 Å². The minimum Gasteiger partial charge on any atom is -0.345 e. The lowest BCUT2D eigenvalue weighted by molar-refractivity contribution is -0.136. The number of imide groups is 1. The van der Waals surface area contributed by atoms with Gasteiger partial charge in [0.25, 0.3) is 11.8 Å². The summed E-state index contributed by atoms with van der Waals surface area (Å²) in [5.74, 6) is -0.907. The van der Waals surface area contributed by atoms with Crippen molar-refractivity contribution in [2.24, 2.45) is 11.3 Å². The summed E-state index contributed by atoms with van der Waals surface area (Å²) >= 11 is 6.10. The Morgan fingerprint density at radius 3 is 2.55 bits per heavy atom. The Morgan fingerprint density at radius 2 is 1.94 bits per heavy atom. The molecule has 31 heavy (non-hydrogen) atoms. The Balaban J connectivity index is 1.73. The molecule has 0 radical (unpaired) electrons. The average molecular weight is 449 g/mol. The van der Waals surface area contributed by atoms with Crippen LogP contribution in [0.1, 0.15) is 50.4 Å². The summed E-state index contributed by atoms with van der Waals surface area (Å²) in [6, 6.07) is 4.00. The molecule has 5 amide bonds. The molecule has 1 saturated heterocycles. The zero-order valence-corrected chi connectivity index (χ0v) is 19.3. The van der Waals surface area contributed by atoms with Gasteiger partial charge < -0.3 is 15.5 Å². The van der Waals surface area contributed by atoms with Gasteiger partial charge in [-0.15, -0.1) is 0 Å². The molecule has 0 aromatic heterocycles. The van der Waals surface area contributed by atoms with Crippen molar-refractivity contribution in [1.29, 1.82) is 0 Å². The van der Waals surface area contributed by atoms with Crippen molar-refractivity contribution >= 4 is 41.0 Å². The second-order valence-corrected chi connectivity index (χ2v) is 10.1. The first kappa shape index (κ1) is 23.1. The van der Waals surface area contributed by atoms with E-state index in [0.29, 0.717) is 18.5 Å². The Bertz CT molecular complexity index is 945. The maximum Gasteiger partial charge on any atom is 0.325 e. The van der Waals surface area contributed by atoms with Crippen LogP contribution in [0.15, 0.2) is 18.2 Å². The predicted molar refractivity (Wildman–Crippen MR) is 118 cm³/mol. The molecule has 2 fully saturated rings. The molecule has 1 saturated carbocycles. The van der Waals surface area contributed by atoms with Crippen molar-refractivity contribution in [2.45, 2.75) is 45.6 Å². The lowest BCUT2D eigenvalue weighted by Gasteiger charge is -2.43. The number of nitrogens with one attached hydrogen (secondary N) is 2. The van der Waals surface area contributed by atoms with E-state index in [1.165, 1.54) is 17.0 Å². The van der Waals surface area contributed by atoms with E-state index in [0.717, 1.165) is 11.3 Å². The Labute approximate surface area is 187 Å². The van der Waals surface area contributed by atoms with Gasteiger partial charge in [-0.25, -0.2) is 4.79 Å². The number of amides is 5. The first-order chi connectivity index (χ1) is 14.3. The Hall–Kier alpha value is -2.61. The SMILES string of the molecule is CC1CC(C)(C)CC2(C1)NC(=O)N(CC(=O)Nc1ccc(Cl)c(C(=O)N(C)C)c1)C2=O. The summed E-state index contributed by atoms with van der Waals surface area (Å²) in [6.45, 7) is 5.85. The van der Waals surface area contributed by atoms with Crippen molar-refractivity contribution in [3.63, 3.8) is 0 Å². The smallest absolute Gasteiger partial charge is 0.325 e. The highest BCUT2D eigenvalue weighted by Gasteiger charge is 2.56. The second-order valence-electron chi connectivity index (χ2n) is 9.70. The topological polar surface area (TPSA) is 98.8 Å². The molecular formula is C22H29ClN4O4. The van der Waals surface area contributed by atoms with E-state index in [9.17, 15) is 19.2 Å². The minimum absolute atomic E-state index is 0.0858. The van der Waals surface area contributed by atoms with Gasteiger partial charge in [0.05, 0.1) is 10.6 Å². The van der Waals surface area contributed by atoms with Gasteiger partial charge in [0.1, 0.15) is 12.1 Å². The highest BCUT2D eigenvalue weighted by Crippen LogP contribution is 2.46. The van der Waals surface area contributed by atoms with Crippen LogP contribution in [0.5, 0.6) is 0 Å². The molecule has 2 atom stereocenters. The van der Waals surface area contributed by atoms with E-state index in [2.05, 4.69) is 31.4 Å². The Morgan fingerprint density at radius 1 is 1.26 bits per heavy atom. The average Bonchev–Trinajstić information content (AvgIpc) is 2.84. The fourth-order valence-corrected chi connectivity index (χ4v) is 5.20. The third-order valence-electron chi connectivity index (χ3n) is 5.81. The third-order valence-corrected chi connectivity index (χ3v) is 6.14. The quantitative estimate of drug-likeness (QED) is 0.691. The van der Waals surface area contributed by atoms with Gasteiger partial charge in [-0.2, -0.15) is 0 Å². The summed E-state index contributed by atoms with van der Waals surface area (Å²) in [4.78, 5) is 53.0. The molecule has 1 aliphatic carbocycles. The van der Waals surface area contributed by atoms with E-state index in [-0.39, 0.29) is 33.7 Å². The highest BCUT2D eigenvalue weighted by atomic mass is 35.5. The minimum atomic E-state index is -0.954. The van der Waals surface area contributed by atoms with Gasteiger partial charge in [-0.1, -0.05) is 32.4 Å². The number of carbonyl (C=O) groups excluding carboxylic acids is 4. The van der Waals surface area contributed by atoms with E-state index in [1.54, 1.807) is 20.2 Å². The molecule has 2 aliphatic rings. The highest BCUT2D eigenvalue weighted by molar-refractivity contribution is 6.34. The van der Waals surface area contributed by atoms with Crippen LogP contribution < -0.4 is 10.6 Å². The van der Waals surface area contributed by atoms with E-state index in [4.69, 9.17) is 11.6 Å². The van der Waals surface area contributed by atoms with Gasteiger partial charge in [0, 0.05) is 19.8 Å². The maximum atomic E-state index is 13.2. The summed E-state index contributed by atoms with van der Waals surface area (Å²) in [5, 5.41) is 5.77. The van der Waals surface area contributed by atoms with Crippen molar-refractivity contribution in [2.75, 3.05) is 26.0 Å². The molecular weight excluding hydrogens is 420 g/mol. The molecule has 9 heteroatoms. The number of benzene rings is 1. The number of hydrogen-bond acceptors (Lipinski definition) is 4. The van der Waals surface area contributed by atoms with E-state index < -0.39 is 24.0 Å². The zero-order chi connectivity index (χ0) is 23.1. The number of urea groups is 1. The molecule has 1 aliphatic heterocycles. The van der Waals surface area contributed by atoms with E-state index in [1.807, 2.05) is 0 Å². The normalized spacial score (nSPS) is 24.8. The molecule has 168 valence electrons. The van der Waals surface area contributed by atoms with Crippen LogP contribution in [0, 0.1) is 11.3 Å². The molecule has 8 nitrogen and oxygen atoms in total. The maximum absolute atomic E-state index is 13.2. The molecule has 1 spiro atoms. The largest absolute Gasteiger partial charge is 0.345 e. The number of rotatable bonds is 4. The van der Waals surface area contributed by atoms with Crippen molar-refractivity contribution in [1.82, 2.24) is 15.1 Å². The summed E-state index contributed by atoms with van der Waals surface area (Å²) < 4.78 is 0. The lowest BCUT2D eigenvalue weighted by Crippen LogP contribution is -2.54. The third kappa shape index (κ3) is 4.69. The zero-order valence-electron chi connectivity index (χ0n) is 18.5. The predicted octanol–water partition coefficient (Wildman–Crippen LogP) is 3.12. The molecule has 1 aromatic carbocycles. The Kier molecular flexibility index (Phi) is 6.06. The number of nitrogens with zero attached hydrogens (tertiary/aromatic N) is 2. The molecule has 2 unspecified atom stereocenters. The van der Waals surface area contributed by atoms with Gasteiger partial charge in [0.15, 0.2) is 0 Å². The van der Waals surface area contributed by atoms with E-state index >= 15 is 0 Å². The van der Waals surface area contributed by atoms with Crippen LogP contribution in [0.25, 0.3) is 0 Å². The number of carbonyl (C=O) groups is 4. The number of anilines is 1. The summed E-state index contributed by atoms with van der Waals surface area (Å²) in [5.41, 5.74) is -0.438. The monoisotopic (exact) mass is 448 g/mol. The first-order valence-corrected chi connectivity index (χ1v) is 10.7. The van der Waals surface area contributed by atoms with Crippen molar-refractivity contribution in [3.05, 3.63) is 28.8 Å². The number of hydrogen-bond donors (Lipinski definition) is 2. The molecule has 2 N–H and O–H groups in total. The van der Waals surface area contributed by atoms with Gasteiger partial charge in [-0.05, 0) is 48.8 Å². The van der Waals surface area contributed by atoms with Gasteiger partial charge in [0.2, 0.25) is 5.91 Å². The van der Waals surface area contributed by atoms with Crippen LogP contribution in [0.3, 0.4) is 0 Å². The molecule has 1 aromatic rings. The fraction of sp³-hybridized carbons (Fsp3) is 0.545. The standard InChI is InChI=1S/C22H29ClN4O4/c1-13-9-21(2,3)12-22(10-13)19(30)27(20(31)25-22)11-17(28)24-14-6-7-16(23)15(8-14)18(29)26(4)5/h6-8,13H,9-12H2,1-5H3,(H,24,28)(H,25,31). The van der Waals surface area contributed by atoms with Crippen molar-refractivity contribution in [3.8, 4) is 0 Å². The summed E-state index contributed by atoms with van der Waals surface area (Å²) in [6.07, 6.45) is 2.08. The van der Waals surface area contributed by atoms with Gasteiger partial charge in [-0.3, -0.25) is 19.3 Å². The van der Waals surface area contributed by atoms with Crippen LogP contribution in [-0.2, 0) is 9.59 Å². The fourth-order valence-electron chi connectivity index (χ4n) is 5.00. The van der Waals surface area contributed by atoms with Crippen LogP contribution in [0.2, 0.25) is 5.02 Å².